The predicted octanol–water partition coefficient (Wildman–Crippen LogP) is 4.46. The number of piperidine rings is 1. The lowest BCUT2D eigenvalue weighted by atomic mass is 9.64. The molecule has 1 amide bonds. The Kier molecular flexibility index (Phi) is 4.65. The number of ether oxygens (including phenoxy) is 2. The summed E-state index contributed by atoms with van der Waals surface area (Å²) in [6.07, 6.45) is 7.45. The van der Waals surface area contributed by atoms with Gasteiger partial charge in [0.05, 0.1) is 12.7 Å². The van der Waals surface area contributed by atoms with Crippen LogP contribution in [0.15, 0.2) is 24.3 Å². The van der Waals surface area contributed by atoms with Gasteiger partial charge in [0.15, 0.2) is 5.69 Å². The van der Waals surface area contributed by atoms with Crippen molar-refractivity contribution in [2.75, 3.05) is 19.7 Å². The summed E-state index contributed by atoms with van der Waals surface area (Å²) in [5.74, 6) is 1.37. The normalized spacial score (nSPS) is 27.8. The van der Waals surface area contributed by atoms with Gasteiger partial charge < -0.3 is 14.4 Å². The second-order valence-corrected chi connectivity index (χ2v) is 10.8. The minimum absolute atomic E-state index is 0.0933. The quantitative estimate of drug-likeness (QED) is 0.718. The Morgan fingerprint density at radius 2 is 1.94 bits per heavy atom. The largest absolute Gasteiger partial charge is 0.487 e. The first-order chi connectivity index (χ1) is 15.5. The fraction of sp³-hybridized carbons (Fsp3) is 0.615. The molecule has 2 saturated heterocycles. The number of aryl methyl sites for hydroxylation is 1. The molecule has 2 atom stereocenters. The average Bonchev–Trinajstić information content (AvgIpc) is 3.23. The highest BCUT2D eigenvalue weighted by Gasteiger charge is 2.53. The Labute approximate surface area is 189 Å². The van der Waals surface area contributed by atoms with Gasteiger partial charge in [0, 0.05) is 35.8 Å². The Morgan fingerprint density at radius 3 is 2.78 bits per heavy atom. The lowest BCUT2D eigenvalue weighted by molar-refractivity contribution is -0.173. The topological polar surface area (TPSA) is 67.5 Å². The molecule has 6 heteroatoms. The molecule has 1 N–H and O–H groups in total. The number of hydrogen-bond acceptors (Lipinski definition) is 4. The zero-order valence-corrected chi connectivity index (χ0v) is 19.2. The smallest absolute Gasteiger partial charge is 0.274 e. The van der Waals surface area contributed by atoms with Gasteiger partial charge in [-0.3, -0.25) is 9.89 Å². The minimum atomic E-state index is -0.270. The number of para-hydroxylation sites is 1. The summed E-state index contributed by atoms with van der Waals surface area (Å²) in [4.78, 5) is 15.3. The van der Waals surface area contributed by atoms with Gasteiger partial charge in [-0.05, 0) is 70.3 Å². The molecule has 1 spiro atoms. The van der Waals surface area contributed by atoms with Crippen LogP contribution in [-0.4, -0.2) is 46.3 Å². The summed E-state index contributed by atoms with van der Waals surface area (Å²) < 4.78 is 13.0. The van der Waals surface area contributed by atoms with Crippen LogP contribution in [0.4, 0.5) is 0 Å². The maximum atomic E-state index is 13.3. The van der Waals surface area contributed by atoms with E-state index >= 15 is 0 Å². The maximum absolute atomic E-state index is 13.3. The van der Waals surface area contributed by atoms with E-state index in [-0.39, 0.29) is 23.0 Å². The molecule has 1 aliphatic carbocycles. The zero-order chi connectivity index (χ0) is 21.9. The van der Waals surface area contributed by atoms with Crippen molar-refractivity contribution in [3.8, 4) is 5.75 Å². The van der Waals surface area contributed by atoms with E-state index in [2.05, 4.69) is 42.2 Å². The van der Waals surface area contributed by atoms with Gasteiger partial charge in [0.1, 0.15) is 11.4 Å². The third kappa shape index (κ3) is 3.18. The number of carbonyl (C=O) groups excluding carboxylic acids is 1. The number of fused-ring (bicyclic) bond motifs is 4. The average molecular weight is 436 g/mol. The van der Waals surface area contributed by atoms with Gasteiger partial charge in [-0.15, -0.1) is 0 Å². The fourth-order valence-electron chi connectivity index (χ4n) is 6.44. The Hall–Kier alpha value is -2.34. The van der Waals surface area contributed by atoms with Crippen molar-refractivity contribution in [1.29, 1.82) is 0 Å². The second-order valence-electron chi connectivity index (χ2n) is 10.8. The molecule has 6 rings (SSSR count). The molecule has 4 aliphatic rings. The number of likely N-dealkylation sites (tertiary alicyclic amines) is 1. The third-order valence-corrected chi connectivity index (χ3v) is 8.45. The van der Waals surface area contributed by atoms with Crippen LogP contribution in [0.3, 0.4) is 0 Å². The van der Waals surface area contributed by atoms with Crippen molar-refractivity contribution >= 4 is 5.91 Å². The van der Waals surface area contributed by atoms with Gasteiger partial charge in [-0.2, -0.15) is 5.10 Å². The van der Waals surface area contributed by atoms with Crippen LogP contribution in [0.5, 0.6) is 5.75 Å². The number of H-pyrrole nitrogens is 1. The summed E-state index contributed by atoms with van der Waals surface area (Å²) in [5, 5.41) is 7.53. The maximum Gasteiger partial charge on any atom is 0.274 e. The highest BCUT2D eigenvalue weighted by molar-refractivity contribution is 5.94. The minimum Gasteiger partial charge on any atom is -0.487 e. The molecular formula is C26H33N3O3. The number of nitrogens with one attached hydrogen (secondary N) is 1. The van der Waals surface area contributed by atoms with Crippen LogP contribution < -0.4 is 4.74 Å². The molecule has 0 unspecified atom stereocenters. The van der Waals surface area contributed by atoms with Crippen molar-refractivity contribution in [2.24, 2.45) is 11.3 Å². The highest BCUT2D eigenvalue weighted by Crippen LogP contribution is 2.55. The van der Waals surface area contributed by atoms with Crippen molar-refractivity contribution in [3.05, 3.63) is 46.8 Å². The molecule has 2 fully saturated rings. The van der Waals surface area contributed by atoms with Gasteiger partial charge in [-0.25, -0.2) is 0 Å². The van der Waals surface area contributed by atoms with E-state index in [1.54, 1.807) is 0 Å². The van der Waals surface area contributed by atoms with Crippen molar-refractivity contribution in [1.82, 2.24) is 15.1 Å². The van der Waals surface area contributed by atoms with Gasteiger partial charge in [-0.1, -0.05) is 18.2 Å². The number of aromatic amines is 1. The van der Waals surface area contributed by atoms with Crippen LogP contribution in [0.1, 0.15) is 79.4 Å². The lowest BCUT2D eigenvalue weighted by Gasteiger charge is -2.54. The number of amides is 1. The molecule has 0 radical (unpaired) electrons. The predicted molar refractivity (Wildman–Crippen MR) is 121 cm³/mol. The summed E-state index contributed by atoms with van der Waals surface area (Å²) in [6, 6.07) is 8.30. The van der Waals surface area contributed by atoms with E-state index in [1.807, 2.05) is 11.0 Å². The number of hydrogen-bond donors (Lipinski definition) is 1. The van der Waals surface area contributed by atoms with Gasteiger partial charge in [0.25, 0.3) is 5.91 Å². The standard InChI is InChI=1S/C26H33N3O3/c1-25(2)19-15-26(16-31-23(19)18-8-4-6-10-21(18)32-25)11-13-29(14-12-26)24(30)22-17-7-3-5-9-20(17)27-28-22/h4,6,8,10,19,23H,3,5,7,9,11-16H2,1-2H3,(H,27,28)/t19-,23+/m0/s1. The van der Waals surface area contributed by atoms with Gasteiger partial charge >= 0.3 is 0 Å². The summed E-state index contributed by atoms with van der Waals surface area (Å²) >= 11 is 0. The Bertz CT molecular complexity index is 1030. The van der Waals surface area contributed by atoms with E-state index in [4.69, 9.17) is 9.47 Å². The molecule has 6 nitrogen and oxygen atoms in total. The molecule has 32 heavy (non-hydrogen) atoms. The summed E-state index contributed by atoms with van der Waals surface area (Å²) in [7, 11) is 0. The first kappa shape index (κ1) is 20.3. The number of benzene rings is 1. The lowest BCUT2D eigenvalue weighted by Crippen LogP contribution is -2.54. The highest BCUT2D eigenvalue weighted by atomic mass is 16.5. The van der Waals surface area contributed by atoms with Crippen LogP contribution in [-0.2, 0) is 17.6 Å². The van der Waals surface area contributed by atoms with Crippen molar-refractivity contribution in [2.45, 2.75) is 70.5 Å². The number of nitrogens with zero attached hydrogens (tertiary/aromatic N) is 2. The van der Waals surface area contributed by atoms with E-state index < -0.39 is 0 Å². The summed E-state index contributed by atoms with van der Waals surface area (Å²) in [6.45, 7) is 6.71. The number of carbonyl (C=O) groups is 1. The van der Waals surface area contributed by atoms with Crippen LogP contribution in [0, 0.1) is 11.3 Å². The van der Waals surface area contributed by atoms with E-state index in [9.17, 15) is 4.79 Å². The molecular weight excluding hydrogens is 402 g/mol. The van der Waals surface area contributed by atoms with Gasteiger partial charge in [0.2, 0.25) is 0 Å². The zero-order valence-electron chi connectivity index (χ0n) is 19.2. The molecule has 0 saturated carbocycles. The molecule has 3 aliphatic heterocycles. The van der Waals surface area contributed by atoms with Crippen LogP contribution in [0.2, 0.25) is 0 Å². The van der Waals surface area contributed by atoms with E-state index in [1.165, 1.54) is 17.7 Å². The molecule has 2 aromatic rings. The first-order valence-corrected chi connectivity index (χ1v) is 12.2. The molecule has 0 bridgehead atoms. The van der Waals surface area contributed by atoms with Crippen LogP contribution in [0.25, 0.3) is 0 Å². The second kappa shape index (κ2) is 7.34. The molecule has 1 aromatic carbocycles. The van der Waals surface area contributed by atoms with Crippen LogP contribution >= 0.6 is 0 Å². The van der Waals surface area contributed by atoms with Crippen molar-refractivity contribution < 1.29 is 14.3 Å². The molecule has 170 valence electrons. The SMILES string of the molecule is CC1(C)Oc2ccccc2[C@H]2OCC3(CCN(C(=O)c4n[nH]c5c4CCCC5)CC3)C[C@@H]21. The Morgan fingerprint density at radius 1 is 1.16 bits per heavy atom. The van der Waals surface area contributed by atoms with Crippen molar-refractivity contribution in [3.63, 3.8) is 0 Å². The first-order valence-electron chi connectivity index (χ1n) is 12.2. The fourth-order valence-corrected chi connectivity index (χ4v) is 6.44. The molecule has 1 aromatic heterocycles. The Balaban J connectivity index is 1.17. The van der Waals surface area contributed by atoms with E-state index in [0.29, 0.717) is 11.6 Å². The van der Waals surface area contributed by atoms with E-state index in [0.717, 1.165) is 69.5 Å². The number of aromatic nitrogens is 2. The summed E-state index contributed by atoms with van der Waals surface area (Å²) in [5.41, 5.74) is 4.02. The number of rotatable bonds is 1. The molecule has 4 heterocycles. The monoisotopic (exact) mass is 435 g/mol. The third-order valence-electron chi connectivity index (χ3n) is 8.45.